The van der Waals surface area contributed by atoms with E-state index >= 15 is 0 Å². The zero-order chi connectivity index (χ0) is 17.7. The summed E-state index contributed by atoms with van der Waals surface area (Å²) < 4.78 is 0. The second-order valence-corrected chi connectivity index (χ2v) is 6.99. The first-order valence-corrected chi connectivity index (χ1v) is 9.08. The van der Waals surface area contributed by atoms with Gasteiger partial charge in [0.25, 0.3) is 0 Å². The molecule has 1 heterocycles. The summed E-state index contributed by atoms with van der Waals surface area (Å²) >= 11 is 0. The largest absolute Gasteiger partial charge is 0.349 e. The maximum atomic E-state index is 12.5. The standard InChI is InChI=1S/C20H30N2O2/c1-5-14(2)17-6-8-18(9-7-17)15(3)21-20(24)19-10-12-22(13-11-19)16(4)23/h6-9,14-15,19H,5,10-13H2,1-4H3,(H,21,24)/t14-,15-/m0/s1. The predicted octanol–water partition coefficient (Wildman–Crippen LogP) is 3.64. The first-order chi connectivity index (χ1) is 11.4. The van der Waals surface area contributed by atoms with E-state index in [1.165, 1.54) is 5.56 Å². The highest BCUT2D eigenvalue weighted by Crippen LogP contribution is 2.23. The van der Waals surface area contributed by atoms with Crippen molar-refractivity contribution in [1.29, 1.82) is 0 Å². The van der Waals surface area contributed by atoms with Crippen molar-refractivity contribution in [3.63, 3.8) is 0 Å². The highest BCUT2D eigenvalue weighted by atomic mass is 16.2. The first kappa shape index (κ1) is 18.5. The van der Waals surface area contributed by atoms with Crippen LogP contribution in [-0.4, -0.2) is 29.8 Å². The molecule has 24 heavy (non-hydrogen) atoms. The Kier molecular flexibility index (Phi) is 6.41. The summed E-state index contributed by atoms with van der Waals surface area (Å²) in [5.74, 6) is 0.790. The number of likely N-dealkylation sites (tertiary alicyclic amines) is 1. The second kappa shape index (κ2) is 8.32. The van der Waals surface area contributed by atoms with E-state index in [1.807, 2.05) is 11.8 Å². The maximum Gasteiger partial charge on any atom is 0.223 e. The van der Waals surface area contributed by atoms with Gasteiger partial charge in [0, 0.05) is 25.9 Å². The van der Waals surface area contributed by atoms with Gasteiger partial charge in [-0.15, -0.1) is 0 Å². The van der Waals surface area contributed by atoms with Gasteiger partial charge < -0.3 is 10.2 Å². The molecule has 2 atom stereocenters. The van der Waals surface area contributed by atoms with Gasteiger partial charge in [-0.05, 0) is 43.2 Å². The molecule has 1 aliphatic heterocycles. The monoisotopic (exact) mass is 330 g/mol. The molecule has 1 N–H and O–H groups in total. The number of amides is 2. The number of hydrogen-bond acceptors (Lipinski definition) is 2. The lowest BCUT2D eigenvalue weighted by atomic mass is 9.94. The Morgan fingerprint density at radius 3 is 2.17 bits per heavy atom. The van der Waals surface area contributed by atoms with Crippen LogP contribution in [0.1, 0.15) is 70.0 Å². The van der Waals surface area contributed by atoms with Gasteiger partial charge in [0.05, 0.1) is 6.04 Å². The molecule has 0 bridgehead atoms. The SMILES string of the molecule is CC[C@H](C)c1ccc([C@H](C)NC(=O)C2CCN(C(C)=O)CC2)cc1. The summed E-state index contributed by atoms with van der Waals surface area (Å²) in [4.78, 5) is 25.6. The van der Waals surface area contributed by atoms with E-state index in [0.717, 1.165) is 24.8 Å². The van der Waals surface area contributed by atoms with Crippen molar-refractivity contribution in [3.05, 3.63) is 35.4 Å². The minimum Gasteiger partial charge on any atom is -0.349 e. The lowest BCUT2D eigenvalue weighted by molar-refractivity contribution is -0.134. The molecular formula is C20H30N2O2. The highest BCUT2D eigenvalue weighted by molar-refractivity contribution is 5.80. The number of rotatable bonds is 5. The molecule has 0 saturated carbocycles. The van der Waals surface area contributed by atoms with E-state index in [1.54, 1.807) is 6.92 Å². The summed E-state index contributed by atoms with van der Waals surface area (Å²) in [6.45, 7) is 9.41. The van der Waals surface area contributed by atoms with Gasteiger partial charge in [-0.3, -0.25) is 9.59 Å². The van der Waals surface area contributed by atoms with E-state index < -0.39 is 0 Å². The number of benzene rings is 1. The van der Waals surface area contributed by atoms with Gasteiger partial charge in [0.15, 0.2) is 0 Å². The van der Waals surface area contributed by atoms with Crippen LogP contribution in [0.2, 0.25) is 0 Å². The minimum absolute atomic E-state index is 0.00863. The zero-order valence-electron chi connectivity index (χ0n) is 15.3. The van der Waals surface area contributed by atoms with E-state index in [4.69, 9.17) is 0 Å². The molecule has 0 radical (unpaired) electrons. The summed E-state index contributed by atoms with van der Waals surface area (Å²) in [7, 11) is 0. The van der Waals surface area contributed by atoms with Crippen molar-refractivity contribution in [2.24, 2.45) is 5.92 Å². The quantitative estimate of drug-likeness (QED) is 0.896. The average molecular weight is 330 g/mol. The normalized spacial score (nSPS) is 18.1. The number of carbonyl (C=O) groups is 2. The van der Waals surface area contributed by atoms with Gasteiger partial charge in [0.2, 0.25) is 11.8 Å². The molecule has 0 aliphatic carbocycles. The van der Waals surface area contributed by atoms with Crippen LogP contribution >= 0.6 is 0 Å². The molecule has 4 nitrogen and oxygen atoms in total. The number of piperidine rings is 1. The fraction of sp³-hybridized carbons (Fsp3) is 0.600. The van der Waals surface area contributed by atoms with Crippen LogP contribution in [0.4, 0.5) is 0 Å². The molecule has 0 spiro atoms. The Bertz CT molecular complexity index is 560. The molecule has 1 saturated heterocycles. The van der Waals surface area contributed by atoms with Crippen molar-refractivity contribution < 1.29 is 9.59 Å². The van der Waals surface area contributed by atoms with Crippen LogP contribution in [0.25, 0.3) is 0 Å². The van der Waals surface area contributed by atoms with Gasteiger partial charge in [-0.2, -0.15) is 0 Å². The van der Waals surface area contributed by atoms with Gasteiger partial charge in [-0.1, -0.05) is 38.1 Å². The molecule has 0 unspecified atom stereocenters. The third-order valence-electron chi connectivity index (χ3n) is 5.29. The fourth-order valence-corrected chi connectivity index (χ4v) is 3.22. The number of nitrogens with one attached hydrogen (secondary N) is 1. The Labute approximate surface area is 145 Å². The minimum atomic E-state index is 0.00863. The Hall–Kier alpha value is -1.84. The van der Waals surface area contributed by atoms with Crippen molar-refractivity contribution in [3.8, 4) is 0 Å². The number of carbonyl (C=O) groups excluding carboxylic acids is 2. The first-order valence-electron chi connectivity index (χ1n) is 9.08. The lowest BCUT2D eigenvalue weighted by Crippen LogP contribution is -2.42. The van der Waals surface area contributed by atoms with Crippen LogP contribution in [0.15, 0.2) is 24.3 Å². The Balaban J connectivity index is 1.88. The fourth-order valence-electron chi connectivity index (χ4n) is 3.22. The highest BCUT2D eigenvalue weighted by Gasteiger charge is 2.26. The molecule has 1 aromatic rings. The summed E-state index contributed by atoms with van der Waals surface area (Å²) in [6.07, 6.45) is 2.64. The predicted molar refractivity (Wildman–Crippen MR) is 96.7 cm³/mol. The average Bonchev–Trinajstić information content (AvgIpc) is 2.61. The molecule has 1 aliphatic rings. The lowest BCUT2D eigenvalue weighted by Gasteiger charge is -2.31. The van der Waals surface area contributed by atoms with Crippen LogP contribution in [0.5, 0.6) is 0 Å². The van der Waals surface area contributed by atoms with E-state index in [-0.39, 0.29) is 23.8 Å². The molecule has 1 aromatic carbocycles. The van der Waals surface area contributed by atoms with Gasteiger partial charge in [0.1, 0.15) is 0 Å². The third-order valence-corrected chi connectivity index (χ3v) is 5.29. The Morgan fingerprint density at radius 1 is 1.12 bits per heavy atom. The van der Waals surface area contributed by atoms with Gasteiger partial charge >= 0.3 is 0 Å². The maximum absolute atomic E-state index is 12.5. The van der Waals surface area contributed by atoms with Crippen molar-refractivity contribution in [2.75, 3.05) is 13.1 Å². The smallest absolute Gasteiger partial charge is 0.223 e. The third kappa shape index (κ3) is 4.59. The topological polar surface area (TPSA) is 49.4 Å². The molecule has 2 amide bonds. The van der Waals surface area contributed by atoms with Crippen LogP contribution in [0.3, 0.4) is 0 Å². The summed E-state index contributed by atoms with van der Waals surface area (Å²) in [6, 6.07) is 8.57. The van der Waals surface area contributed by atoms with Crippen LogP contribution in [0, 0.1) is 5.92 Å². The van der Waals surface area contributed by atoms with E-state index in [0.29, 0.717) is 19.0 Å². The summed E-state index contributed by atoms with van der Waals surface area (Å²) in [5.41, 5.74) is 2.48. The summed E-state index contributed by atoms with van der Waals surface area (Å²) in [5, 5.41) is 3.13. The van der Waals surface area contributed by atoms with Crippen molar-refractivity contribution in [2.45, 2.75) is 58.9 Å². The molecule has 4 heteroatoms. The Morgan fingerprint density at radius 2 is 1.67 bits per heavy atom. The molecular weight excluding hydrogens is 300 g/mol. The second-order valence-electron chi connectivity index (χ2n) is 6.99. The molecule has 1 fully saturated rings. The molecule has 2 rings (SSSR count). The zero-order valence-corrected chi connectivity index (χ0v) is 15.3. The van der Waals surface area contributed by atoms with Crippen molar-refractivity contribution >= 4 is 11.8 Å². The number of hydrogen-bond donors (Lipinski definition) is 1. The van der Waals surface area contributed by atoms with Crippen LogP contribution < -0.4 is 5.32 Å². The molecule has 132 valence electrons. The van der Waals surface area contributed by atoms with Crippen LogP contribution in [-0.2, 0) is 9.59 Å². The van der Waals surface area contributed by atoms with E-state index in [9.17, 15) is 9.59 Å². The van der Waals surface area contributed by atoms with Gasteiger partial charge in [-0.25, -0.2) is 0 Å². The van der Waals surface area contributed by atoms with Crippen molar-refractivity contribution in [1.82, 2.24) is 10.2 Å². The number of nitrogens with zero attached hydrogens (tertiary/aromatic N) is 1. The molecule has 0 aromatic heterocycles. The van der Waals surface area contributed by atoms with E-state index in [2.05, 4.69) is 43.4 Å².